The molecule has 2 atom stereocenters. The number of benzene rings is 1. The molecule has 4 heteroatoms. The lowest BCUT2D eigenvalue weighted by atomic mass is 10.0. The fourth-order valence-electron chi connectivity index (χ4n) is 2.47. The Morgan fingerprint density at radius 1 is 1.56 bits per heavy atom. The number of piperazine rings is 1. The molecule has 0 amide bonds. The Balaban J connectivity index is 2.20. The molecule has 1 fully saturated rings. The van der Waals surface area contributed by atoms with Crippen LogP contribution in [0, 0.1) is 6.92 Å². The first-order valence-corrected chi connectivity index (χ1v) is 7.10. The minimum absolute atomic E-state index is 0.0160. The summed E-state index contributed by atoms with van der Waals surface area (Å²) >= 11 is 3.52. The molecule has 0 aromatic heterocycles. The van der Waals surface area contributed by atoms with Crippen LogP contribution in [0.2, 0.25) is 0 Å². The smallest absolute Gasteiger partial charge is 0.138 e. The van der Waals surface area contributed by atoms with Crippen LogP contribution in [0.3, 0.4) is 0 Å². The summed E-state index contributed by atoms with van der Waals surface area (Å²) in [6.07, 6.45) is 1.05. The topological polar surface area (TPSA) is 32.3 Å². The summed E-state index contributed by atoms with van der Waals surface area (Å²) in [5, 5.41) is 3.26. The minimum Gasteiger partial charge on any atom is -0.313 e. The predicted molar refractivity (Wildman–Crippen MR) is 76.7 cm³/mol. The van der Waals surface area contributed by atoms with E-state index in [-0.39, 0.29) is 12.1 Å². The van der Waals surface area contributed by atoms with Crippen LogP contribution in [0.25, 0.3) is 0 Å². The van der Waals surface area contributed by atoms with Crippen molar-refractivity contribution in [2.75, 3.05) is 19.6 Å². The Hall–Kier alpha value is -0.710. The summed E-state index contributed by atoms with van der Waals surface area (Å²) in [4.78, 5) is 13.4. The number of carbonyl (C=O) groups is 1. The first kappa shape index (κ1) is 13.7. The van der Waals surface area contributed by atoms with Gasteiger partial charge in [-0.3, -0.25) is 4.90 Å². The number of nitrogens with one attached hydrogen (secondary N) is 1. The molecule has 1 aliphatic heterocycles. The summed E-state index contributed by atoms with van der Waals surface area (Å²) in [6.45, 7) is 6.88. The molecule has 1 aromatic carbocycles. The quantitative estimate of drug-likeness (QED) is 0.869. The molecule has 1 saturated heterocycles. The van der Waals surface area contributed by atoms with Crippen LogP contribution in [-0.4, -0.2) is 36.9 Å². The number of aldehydes is 1. The third-order valence-electron chi connectivity index (χ3n) is 3.65. The van der Waals surface area contributed by atoms with Crippen molar-refractivity contribution >= 4 is 22.2 Å². The molecule has 2 rings (SSSR count). The zero-order valence-corrected chi connectivity index (χ0v) is 12.4. The highest BCUT2D eigenvalue weighted by Crippen LogP contribution is 2.26. The van der Waals surface area contributed by atoms with Crippen LogP contribution in [0.1, 0.15) is 24.1 Å². The van der Waals surface area contributed by atoms with Gasteiger partial charge in [0, 0.05) is 30.1 Å². The molecule has 0 saturated carbocycles. The molecule has 0 radical (unpaired) electrons. The van der Waals surface area contributed by atoms with Crippen molar-refractivity contribution in [1.82, 2.24) is 10.2 Å². The number of aryl methyl sites for hydroxylation is 1. The van der Waals surface area contributed by atoms with Crippen LogP contribution < -0.4 is 5.32 Å². The van der Waals surface area contributed by atoms with E-state index in [9.17, 15) is 4.79 Å². The lowest BCUT2D eigenvalue weighted by molar-refractivity contribution is -0.113. The second-order valence-electron chi connectivity index (χ2n) is 4.83. The van der Waals surface area contributed by atoms with Crippen molar-refractivity contribution in [2.24, 2.45) is 0 Å². The molecular weight excluding hydrogens is 292 g/mol. The number of halogens is 1. The second-order valence-corrected chi connectivity index (χ2v) is 5.68. The molecular formula is C14H19BrN2O. The highest BCUT2D eigenvalue weighted by molar-refractivity contribution is 9.10. The van der Waals surface area contributed by atoms with Gasteiger partial charge in [-0.05, 0) is 31.0 Å². The van der Waals surface area contributed by atoms with Gasteiger partial charge in [-0.15, -0.1) is 0 Å². The largest absolute Gasteiger partial charge is 0.313 e. The van der Waals surface area contributed by atoms with Gasteiger partial charge in [0.2, 0.25) is 0 Å². The molecule has 1 N–H and O–H groups in total. The van der Waals surface area contributed by atoms with E-state index in [1.165, 1.54) is 11.1 Å². The Morgan fingerprint density at radius 3 is 3.00 bits per heavy atom. The third kappa shape index (κ3) is 2.82. The number of carbonyl (C=O) groups excluding carboxylic acids is 1. The summed E-state index contributed by atoms with van der Waals surface area (Å²) in [7, 11) is 0. The second kappa shape index (κ2) is 5.95. The van der Waals surface area contributed by atoms with Gasteiger partial charge in [0.1, 0.15) is 6.29 Å². The SMILES string of the molecule is Cc1cc(C(C)N2CCNCC2C=O)ccc1Br. The Bertz CT molecular complexity index is 436. The van der Waals surface area contributed by atoms with E-state index in [1.807, 2.05) is 0 Å². The lowest BCUT2D eigenvalue weighted by Gasteiger charge is -2.37. The van der Waals surface area contributed by atoms with Crippen molar-refractivity contribution in [2.45, 2.75) is 25.9 Å². The molecule has 1 aromatic rings. The summed E-state index contributed by atoms with van der Waals surface area (Å²) in [6, 6.07) is 6.66. The molecule has 98 valence electrons. The van der Waals surface area contributed by atoms with E-state index < -0.39 is 0 Å². The fraction of sp³-hybridized carbons (Fsp3) is 0.500. The van der Waals surface area contributed by atoms with Crippen LogP contribution in [0.4, 0.5) is 0 Å². The van der Waals surface area contributed by atoms with E-state index in [4.69, 9.17) is 0 Å². The van der Waals surface area contributed by atoms with E-state index in [0.29, 0.717) is 0 Å². The van der Waals surface area contributed by atoms with E-state index >= 15 is 0 Å². The van der Waals surface area contributed by atoms with Crippen molar-refractivity contribution in [3.63, 3.8) is 0 Å². The standard InChI is InChI=1S/C14H19BrN2O/c1-10-7-12(3-4-14(10)15)11(2)17-6-5-16-8-13(17)9-18/h3-4,7,9,11,13,16H,5-6,8H2,1-2H3. The average molecular weight is 311 g/mol. The summed E-state index contributed by atoms with van der Waals surface area (Å²) in [5.41, 5.74) is 2.50. The third-order valence-corrected chi connectivity index (χ3v) is 4.53. The Morgan fingerprint density at radius 2 is 2.33 bits per heavy atom. The highest BCUT2D eigenvalue weighted by atomic mass is 79.9. The van der Waals surface area contributed by atoms with Crippen LogP contribution in [0.5, 0.6) is 0 Å². The Labute approximate surface area is 117 Å². The van der Waals surface area contributed by atoms with Gasteiger partial charge < -0.3 is 10.1 Å². The summed E-state index contributed by atoms with van der Waals surface area (Å²) in [5.74, 6) is 0. The Kier molecular flexibility index (Phi) is 4.54. The number of hydrogen-bond donors (Lipinski definition) is 1. The molecule has 0 spiro atoms. The number of hydrogen-bond acceptors (Lipinski definition) is 3. The average Bonchev–Trinajstić information content (AvgIpc) is 2.41. The normalized spacial score (nSPS) is 22.7. The fourth-order valence-corrected chi connectivity index (χ4v) is 2.71. The van der Waals surface area contributed by atoms with Crippen LogP contribution in [0.15, 0.2) is 22.7 Å². The minimum atomic E-state index is -0.0160. The van der Waals surface area contributed by atoms with Crippen molar-refractivity contribution in [3.8, 4) is 0 Å². The van der Waals surface area contributed by atoms with Gasteiger partial charge in [0.25, 0.3) is 0 Å². The van der Waals surface area contributed by atoms with Crippen molar-refractivity contribution < 1.29 is 4.79 Å². The maximum Gasteiger partial charge on any atom is 0.138 e. The maximum atomic E-state index is 11.1. The molecule has 0 aliphatic carbocycles. The first-order chi connectivity index (χ1) is 8.63. The van der Waals surface area contributed by atoms with Gasteiger partial charge in [-0.1, -0.05) is 28.1 Å². The van der Waals surface area contributed by atoms with E-state index in [2.05, 4.69) is 58.2 Å². The van der Waals surface area contributed by atoms with Gasteiger partial charge in [-0.25, -0.2) is 0 Å². The number of nitrogens with zero attached hydrogens (tertiary/aromatic N) is 1. The molecule has 0 bridgehead atoms. The van der Waals surface area contributed by atoms with Gasteiger partial charge in [0.05, 0.1) is 6.04 Å². The van der Waals surface area contributed by atoms with Crippen LogP contribution in [-0.2, 0) is 4.79 Å². The van der Waals surface area contributed by atoms with Gasteiger partial charge >= 0.3 is 0 Å². The molecule has 3 nitrogen and oxygen atoms in total. The zero-order chi connectivity index (χ0) is 13.1. The molecule has 1 aliphatic rings. The zero-order valence-electron chi connectivity index (χ0n) is 10.8. The predicted octanol–water partition coefficient (Wildman–Crippen LogP) is 2.29. The van der Waals surface area contributed by atoms with Crippen molar-refractivity contribution in [1.29, 1.82) is 0 Å². The van der Waals surface area contributed by atoms with E-state index in [0.717, 1.165) is 30.4 Å². The maximum absolute atomic E-state index is 11.1. The monoisotopic (exact) mass is 310 g/mol. The van der Waals surface area contributed by atoms with Gasteiger partial charge in [0.15, 0.2) is 0 Å². The molecule has 18 heavy (non-hydrogen) atoms. The molecule has 2 unspecified atom stereocenters. The van der Waals surface area contributed by atoms with Gasteiger partial charge in [-0.2, -0.15) is 0 Å². The highest BCUT2D eigenvalue weighted by Gasteiger charge is 2.26. The first-order valence-electron chi connectivity index (χ1n) is 6.31. The molecule has 1 heterocycles. The lowest BCUT2D eigenvalue weighted by Crippen LogP contribution is -2.52. The number of rotatable bonds is 3. The van der Waals surface area contributed by atoms with E-state index in [1.54, 1.807) is 0 Å². The summed E-state index contributed by atoms with van der Waals surface area (Å²) < 4.78 is 1.13. The van der Waals surface area contributed by atoms with Crippen molar-refractivity contribution in [3.05, 3.63) is 33.8 Å². The van der Waals surface area contributed by atoms with Crippen LogP contribution >= 0.6 is 15.9 Å².